The van der Waals surface area contributed by atoms with Crippen LogP contribution in [-0.4, -0.2) is 31.9 Å². The molecule has 3 aromatic rings. The second kappa shape index (κ2) is 9.63. The standard InChI is InChI=1S/C20H20Cl2N4O5/c1-3-25-13(10-24-11-23-9-17(24)26(29)30)8-16(27)18(20(28)31-4-2)19(25)12-5-6-14(21)15(22)7-12/h5-9,11,26,29H,3-4,10H2,1-2H3. The van der Waals surface area contributed by atoms with Crippen LogP contribution in [0.2, 0.25) is 10.0 Å². The van der Waals surface area contributed by atoms with Crippen LogP contribution >= 0.6 is 23.2 Å². The van der Waals surface area contributed by atoms with E-state index in [9.17, 15) is 20.0 Å². The van der Waals surface area contributed by atoms with Crippen LogP contribution in [0.25, 0.3) is 11.3 Å². The van der Waals surface area contributed by atoms with Gasteiger partial charge in [-0.3, -0.25) is 9.36 Å². The highest BCUT2D eigenvalue weighted by Gasteiger charge is 2.24. The summed E-state index contributed by atoms with van der Waals surface area (Å²) in [6.45, 7) is 4.03. The SMILES string of the molecule is CCOC(=O)c1c(-c2ccc(Cl)c(Cl)c2)n(CC)c(Cn2cncc2[NH+]([O-])O)cc1=O. The van der Waals surface area contributed by atoms with E-state index in [1.807, 2.05) is 6.92 Å². The van der Waals surface area contributed by atoms with E-state index in [-0.39, 0.29) is 29.6 Å². The molecule has 3 rings (SSSR count). The summed E-state index contributed by atoms with van der Waals surface area (Å²) in [5, 5.41) is 20.3. The molecule has 0 spiro atoms. The first-order valence-electron chi connectivity index (χ1n) is 9.41. The summed E-state index contributed by atoms with van der Waals surface area (Å²) in [6.07, 6.45) is 2.59. The van der Waals surface area contributed by atoms with Gasteiger partial charge >= 0.3 is 5.97 Å². The number of imidazole rings is 1. The lowest BCUT2D eigenvalue weighted by Gasteiger charge is -2.21. The van der Waals surface area contributed by atoms with Crippen molar-refractivity contribution in [1.82, 2.24) is 14.1 Å². The van der Waals surface area contributed by atoms with Gasteiger partial charge in [-0.25, -0.2) is 15.0 Å². The van der Waals surface area contributed by atoms with Gasteiger partial charge < -0.3 is 14.5 Å². The van der Waals surface area contributed by atoms with Gasteiger partial charge in [0, 0.05) is 23.9 Å². The lowest BCUT2D eigenvalue weighted by Crippen LogP contribution is -2.99. The van der Waals surface area contributed by atoms with E-state index in [2.05, 4.69) is 4.98 Å². The summed E-state index contributed by atoms with van der Waals surface area (Å²) < 4.78 is 8.27. The zero-order chi connectivity index (χ0) is 22.7. The molecular formula is C20H20Cl2N4O5. The van der Waals surface area contributed by atoms with Gasteiger partial charge in [0.05, 0.1) is 35.2 Å². The van der Waals surface area contributed by atoms with Crippen molar-refractivity contribution >= 4 is 35.0 Å². The molecule has 0 radical (unpaired) electrons. The summed E-state index contributed by atoms with van der Waals surface area (Å²) in [4.78, 5) is 29.5. The van der Waals surface area contributed by atoms with Crippen molar-refractivity contribution in [3.8, 4) is 11.3 Å². The Bertz CT molecular complexity index is 1170. The van der Waals surface area contributed by atoms with Crippen LogP contribution in [0.4, 0.5) is 5.82 Å². The van der Waals surface area contributed by atoms with E-state index in [1.54, 1.807) is 29.7 Å². The monoisotopic (exact) mass is 466 g/mol. The number of esters is 1. The third-order valence-corrected chi connectivity index (χ3v) is 5.39. The Morgan fingerprint density at radius 3 is 2.61 bits per heavy atom. The fourth-order valence-corrected chi connectivity index (χ4v) is 3.63. The number of hydrogen-bond donors (Lipinski definition) is 2. The quantitative estimate of drug-likeness (QED) is 0.408. The molecule has 0 fully saturated rings. The molecule has 0 saturated carbocycles. The number of ether oxygens (including phenoxy) is 1. The molecule has 2 heterocycles. The molecule has 0 aliphatic heterocycles. The third-order valence-electron chi connectivity index (χ3n) is 4.65. The number of carbonyl (C=O) groups excluding carboxylic acids is 1. The van der Waals surface area contributed by atoms with Crippen molar-refractivity contribution in [1.29, 1.82) is 0 Å². The van der Waals surface area contributed by atoms with Gasteiger partial charge in [0.1, 0.15) is 11.8 Å². The molecule has 9 nitrogen and oxygen atoms in total. The second-order valence-electron chi connectivity index (χ2n) is 6.53. The number of quaternary nitrogens is 1. The molecule has 164 valence electrons. The summed E-state index contributed by atoms with van der Waals surface area (Å²) in [5.41, 5.74) is 0.634. The Morgan fingerprint density at radius 1 is 1.26 bits per heavy atom. The normalized spacial score (nSPS) is 12.1. The summed E-state index contributed by atoms with van der Waals surface area (Å²) >= 11 is 12.2. The molecule has 1 unspecified atom stereocenters. The predicted octanol–water partition coefficient (Wildman–Crippen LogP) is 2.67. The van der Waals surface area contributed by atoms with Gasteiger partial charge in [-0.05, 0) is 26.0 Å². The maximum atomic E-state index is 13.0. The second-order valence-corrected chi connectivity index (χ2v) is 7.34. The minimum Gasteiger partial charge on any atom is -0.594 e. The van der Waals surface area contributed by atoms with Gasteiger partial charge in [0.25, 0.3) is 5.82 Å². The van der Waals surface area contributed by atoms with Gasteiger partial charge in [-0.15, -0.1) is 0 Å². The van der Waals surface area contributed by atoms with Crippen LogP contribution in [-0.2, 0) is 17.8 Å². The molecule has 1 aromatic carbocycles. The number of carbonyl (C=O) groups is 1. The summed E-state index contributed by atoms with van der Waals surface area (Å²) in [7, 11) is 0. The van der Waals surface area contributed by atoms with Gasteiger partial charge in [0.2, 0.25) is 0 Å². The molecule has 11 heteroatoms. The van der Waals surface area contributed by atoms with Crippen LogP contribution in [0.5, 0.6) is 0 Å². The Balaban J connectivity index is 2.28. The Hall–Kier alpha value is -2.69. The van der Waals surface area contributed by atoms with E-state index in [0.29, 0.717) is 28.5 Å². The van der Waals surface area contributed by atoms with Crippen molar-refractivity contribution < 1.29 is 20.0 Å². The van der Waals surface area contributed by atoms with Crippen LogP contribution in [0.1, 0.15) is 29.9 Å². The predicted molar refractivity (Wildman–Crippen MR) is 115 cm³/mol. The topological polar surface area (TPSA) is 114 Å². The van der Waals surface area contributed by atoms with Crippen molar-refractivity contribution in [2.75, 3.05) is 6.61 Å². The van der Waals surface area contributed by atoms with Crippen molar-refractivity contribution in [3.05, 3.63) is 73.5 Å². The Kier molecular flexibility index (Phi) is 7.14. The molecule has 0 bridgehead atoms. The number of nitrogens with one attached hydrogen (secondary N) is 1. The smallest absolute Gasteiger partial charge is 0.344 e. The van der Waals surface area contributed by atoms with E-state index < -0.39 is 16.6 Å². The molecule has 1 atom stereocenters. The van der Waals surface area contributed by atoms with E-state index in [1.165, 1.54) is 23.2 Å². The molecule has 0 saturated heterocycles. The lowest BCUT2D eigenvalue weighted by atomic mass is 10.0. The first-order valence-corrected chi connectivity index (χ1v) is 10.2. The fourth-order valence-electron chi connectivity index (χ4n) is 3.33. The summed E-state index contributed by atoms with van der Waals surface area (Å²) in [5.74, 6) is -0.781. The maximum Gasteiger partial charge on any atom is 0.344 e. The molecule has 2 aromatic heterocycles. The minimum absolute atomic E-state index is 0.0272. The van der Waals surface area contributed by atoms with Crippen molar-refractivity contribution in [3.63, 3.8) is 0 Å². The third kappa shape index (κ3) is 4.65. The van der Waals surface area contributed by atoms with Gasteiger partial charge in [-0.1, -0.05) is 29.3 Å². The van der Waals surface area contributed by atoms with E-state index in [4.69, 9.17) is 27.9 Å². The van der Waals surface area contributed by atoms with Crippen LogP contribution < -0.4 is 10.7 Å². The zero-order valence-corrected chi connectivity index (χ0v) is 18.3. The number of hydrogen-bond acceptors (Lipinski definition) is 6. The first kappa shape index (κ1) is 23.0. The minimum atomic E-state index is -1.14. The number of halogens is 2. The fraction of sp³-hybridized carbons (Fsp3) is 0.250. The zero-order valence-electron chi connectivity index (χ0n) is 16.8. The highest BCUT2D eigenvalue weighted by molar-refractivity contribution is 6.42. The summed E-state index contributed by atoms with van der Waals surface area (Å²) in [6, 6.07) is 6.10. The number of pyridine rings is 1. The Labute approximate surface area is 187 Å². The van der Waals surface area contributed by atoms with Crippen molar-refractivity contribution in [2.45, 2.75) is 26.9 Å². The first-order chi connectivity index (χ1) is 14.8. The number of benzene rings is 1. The molecule has 0 aliphatic carbocycles. The molecular weight excluding hydrogens is 447 g/mol. The number of aromatic nitrogens is 3. The molecule has 2 N–H and O–H groups in total. The lowest BCUT2D eigenvalue weighted by molar-refractivity contribution is -0.994. The molecule has 0 amide bonds. The Morgan fingerprint density at radius 2 is 2.00 bits per heavy atom. The highest BCUT2D eigenvalue weighted by atomic mass is 35.5. The van der Waals surface area contributed by atoms with E-state index >= 15 is 0 Å². The van der Waals surface area contributed by atoms with E-state index in [0.717, 1.165) is 0 Å². The van der Waals surface area contributed by atoms with Crippen molar-refractivity contribution in [2.24, 2.45) is 0 Å². The average molecular weight is 467 g/mol. The van der Waals surface area contributed by atoms with Gasteiger partial charge in [-0.2, -0.15) is 5.23 Å². The van der Waals surface area contributed by atoms with Crippen LogP contribution in [0.15, 0.2) is 41.6 Å². The average Bonchev–Trinajstić information content (AvgIpc) is 3.18. The largest absolute Gasteiger partial charge is 0.594 e. The highest BCUT2D eigenvalue weighted by Crippen LogP contribution is 2.31. The number of nitrogens with zero attached hydrogens (tertiary/aromatic N) is 3. The van der Waals surface area contributed by atoms with Crippen LogP contribution in [0, 0.1) is 5.21 Å². The number of rotatable bonds is 7. The van der Waals surface area contributed by atoms with Gasteiger partial charge in [0.15, 0.2) is 5.43 Å². The molecule has 31 heavy (non-hydrogen) atoms. The maximum absolute atomic E-state index is 13.0. The van der Waals surface area contributed by atoms with Crippen LogP contribution in [0.3, 0.4) is 0 Å². The molecule has 0 aliphatic rings.